The van der Waals surface area contributed by atoms with Crippen LogP contribution in [-0.2, 0) is 13.1 Å². The topological polar surface area (TPSA) is 111 Å². The second-order valence-electron chi connectivity index (χ2n) is 7.41. The summed E-state index contributed by atoms with van der Waals surface area (Å²) in [4.78, 5) is 44.4. The highest BCUT2D eigenvalue weighted by Crippen LogP contribution is 2.20. The number of anilines is 2. The van der Waals surface area contributed by atoms with Crippen LogP contribution in [0.3, 0.4) is 0 Å². The highest BCUT2D eigenvalue weighted by Gasteiger charge is 2.18. The van der Waals surface area contributed by atoms with Crippen LogP contribution in [0.15, 0.2) is 69.1 Å². The van der Waals surface area contributed by atoms with Crippen LogP contribution in [0.1, 0.15) is 11.1 Å². The molecule has 12 heteroatoms. The molecule has 2 N–H and O–H groups in total. The summed E-state index contributed by atoms with van der Waals surface area (Å²) in [6.07, 6.45) is 1.39. The standard InChI is InChI=1S/C23H18F3N5O4/c1-35-16-6-4-15(5-7-16)28-21-29-22(33)31(11-13-3-2-8-27-20(13)32)23(34)30(21)12-14-9-18(25)19(26)10-17(14)24/h2-10H,11-12H2,1H3,(H,27,32)(H,28,29,33). The minimum absolute atomic E-state index is 0.106. The van der Waals surface area contributed by atoms with Crippen molar-refractivity contribution in [3.8, 4) is 5.75 Å². The lowest BCUT2D eigenvalue weighted by Crippen LogP contribution is -2.43. The first-order valence-corrected chi connectivity index (χ1v) is 10.2. The molecule has 0 aliphatic rings. The van der Waals surface area contributed by atoms with E-state index in [1.165, 1.54) is 25.4 Å². The number of hydrogen-bond donors (Lipinski definition) is 2. The van der Waals surface area contributed by atoms with Crippen LogP contribution < -0.4 is 27.0 Å². The molecule has 2 heterocycles. The van der Waals surface area contributed by atoms with E-state index in [2.05, 4.69) is 15.3 Å². The van der Waals surface area contributed by atoms with Gasteiger partial charge in [-0.2, -0.15) is 4.98 Å². The Hall–Kier alpha value is -4.61. The molecule has 0 saturated carbocycles. The van der Waals surface area contributed by atoms with E-state index in [9.17, 15) is 27.6 Å². The number of aromatic nitrogens is 4. The molecule has 9 nitrogen and oxygen atoms in total. The van der Waals surface area contributed by atoms with Gasteiger partial charge in [0.2, 0.25) is 5.95 Å². The maximum atomic E-state index is 14.4. The van der Waals surface area contributed by atoms with Crippen molar-refractivity contribution in [2.45, 2.75) is 13.1 Å². The summed E-state index contributed by atoms with van der Waals surface area (Å²) in [7, 11) is 1.48. The van der Waals surface area contributed by atoms with Crippen molar-refractivity contribution in [2.24, 2.45) is 0 Å². The van der Waals surface area contributed by atoms with Crippen LogP contribution >= 0.6 is 0 Å². The van der Waals surface area contributed by atoms with E-state index >= 15 is 0 Å². The zero-order valence-corrected chi connectivity index (χ0v) is 18.2. The van der Waals surface area contributed by atoms with E-state index in [0.29, 0.717) is 28.1 Å². The van der Waals surface area contributed by atoms with Gasteiger partial charge in [-0.1, -0.05) is 6.07 Å². The van der Waals surface area contributed by atoms with E-state index in [0.717, 1.165) is 4.57 Å². The van der Waals surface area contributed by atoms with Gasteiger partial charge in [0.1, 0.15) is 11.6 Å². The zero-order chi connectivity index (χ0) is 25.1. The van der Waals surface area contributed by atoms with Crippen LogP contribution in [-0.4, -0.2) is 26.2 Å². The molecule has 180 valence electrons. The Balaban J connectivity index is 1.84. The molecule has 0 spiro atoms. The molecule has 0 amide bonds. The van der Waals surface area contributed by atoms with Crippen molar-refractivity contribution in [3.05, 3.63) is 115 Å². The molecule has 2 aromatic heterocycles. The van der Waals surface area contributed by atoms with Gasteiger partial charge in [0, 0.05) is 29.1 Å². The molecule has 0 bridgehead atoms. The zero-order valence-electron chi connectivity index (χ0n) is 18.2. The van der Waals surface area contributed by atoms with Crippen molar-refractivity contribution < 1.29 is 17.9 Å². The minimum Gasteiger partial charge on any atom is -0.497 e. The average molecular weight is 485 g/mol. The first kappa shape index (κ1) is 23.5. The molecular formula is C23H18F3N5O4. The Morgan fingerprint density at radius 1 is 0.914 bits per heavy atom. The predicted octanol–water partition coefficient (Wildman–Crippen LogP) is 2.36. The summed E-state index contributed by atoms with van der Waals surface area (Å²) in [6, 6.07) is 10.3. The number of nitrogens with one attached hydrogen (secondary N) is 2. The van der Waals surface area contributed by atoms with E-state index in [4.69, 9.17) is 4.74 Å². The number of ether oxygens (including phenoxy) is 1. The van der Waals surface area contributed by atoms with Gasteiger partial charge in [0.25, 0.3) is 5.56 Å². The van der Waals surface area contributed by atoms with E-state index in [1.54, 1.807) is 24.3 Å². The quantitative estimate of drug-likeness (QED) is 0.389. The summed E-state index contributed by atoms with van der Waals surface area (Å²) in [5.41, 5.74) is -2.28. The smallest absolute Gasteiger partial charge is 0.355 e. The number of benzene rings is 2. The van der Waals surface area contributed by atoms with Gasteiger partial charge in [0.15, 0.2) is 11.6 Å². The van der Waals surface area contributed by atoms with Gasteiger partial charge in [-0.3, -0.25) is 9.36 Å². The molecule has 0 unspecified atom stereocenters. The normalized spacial score (nSPS) is 10.9. The van der Waals surface area contributed by atoms with Gasteiger partial charge >= 0.3 is 11.4 Å². The molecule has 4 aromatic rings. The summed E-state index contributed by atoms with van der Waals surface area (Å²) in [5, 5.41) is 2.80. The fourth-order valence-electron chi connectivity index (χ4n) is 3.31. The monoisotopic (exact) mass is 485 g/mol. The molecule has 35 heavy (non-hydrogen) atoms. The molecule has 2 aromatic carbocycles. The van der Waals surface area contributed by atoms with Gasteiger partial charge in [-0.05, 0) is 36.4 Å². The second-order valence-corrected chi connectivity index (χ2v) is 7.41. The Labute approximate surface area is 195 Å². The van der Waals surface area contributed by atoms with Crippen molar-refractivity contribution in [1.82, 2.24) is 19.1 Å². The lowest BCUT2D eigenvalue weighted by molar-refractivity contribution is 0.415. The molecule has 0 aliphatic heterocycles. The number of halogens is 3. The number of hydrogen-bond acceptors (Lipinski definition) is 6. The second kappa shape index (κ2) is 9.71. The first-order chi connectivity index (χ1) is 16.8. The van der Waals surface area contributed by atoms with Crippen LogP contribution in [0.5, 0.6) is 5.75 Å². The van der Waals surface area contributed by atoms with Crippen molar-refractivity contribution in [3.63, 3.8) is 0 Å². The summed E-state index contributed by atoms with van der Waals surface area (Å²) in [6.45, 7) is -0.997. The third-order valence-electron chi connectivity index (χ3n) is 5.14. The van der Waals surface area contributed by atoms with E-state index in [1.807, 2.05) is 0 Å². The number of H-pyrrole nitrogens is 1. The number of nitrogens with zero attached hydrogens (tertiary/aromatic N) is 3. The largest absolute Gasteiger partial charge is 0.497 e. The van der Waals surface area contributed by atoms with Crippen LogP contribution in [0.25, 0.3) is 0 Å². The molecular weight excluding hydrogens is 467 g/mol. The van der Waals surface area contributed by atoms with E-state index in [-0.39, 0.29) is 17.1 Å². The molecule has 0 radical (unpaired) electrons. The van der Waals surface area contributed by atoms with E-state index < -0.39 is 47.5 Å². The van der Waals surface area contributed by atoms with Gasteiger partial charge in [0.05, 0.1) is 20.2 Å². The Morgan fingerprint density at radius 3 is 2.29 bits per heavy atom. The molecule has 4 rings (SSSR count). The number of methoxy groups -OCH3 is 1. The third kappa shape index (κ3) is 5.00. The lowest BCUT2D eigenvalue weighted by Gasteiger charge is -2.16. The summed E-state index contributed by atoms with van der Waals surface area (Å²) < 4.78 is 48.2. The number of pyridine rings is 1. The Morgan fingerprint density at radius 2 is 1.60 bits per heavy atom. The first-order valence-electron chi connectivity index (χ1n) is 10.2. The number of aromatic amines is 1. The fourth-order valence-corrected chi connectivity index (χ4v) is 3.31. The third-order valence-corrected chi connectivity index (χ3v) is 5.14. The van der Waals surface area contributed by atoms with Gasteiger partial charge in [-0.25, -0.2) is 27.3 Å². The molecule has 0 fully saturated rings. The van der Waals surface area contributed by atoms with Gasteiger partial charge in [-0.15, -0.1) is 0 Å². The molecule has 0 aliphatic carbocycles. The van der Waals surface area contributed by atoms with Crippen molar-refractivity contribution in [2.75, 3.05) is 12.4 Å². The average Bonchev–Trinajstić information content (AvgIpc) is 2.84. The van der Waals surface area contributed by atoms with Crippen LogP contribution in [0, 0.1) is 17.5 Å². The van der Waals surface area contributed by atoms with Crippen molar-refractivity contribution in [1.29, 1.82) is 0 Å². The maximum Gasteiger partial charge on any atom is 0.355 e. The highest BCUT2D eigenvalue weighted by atomic mass is 19.2. The maximum absolute atomic E-state index is 14.4. The van der Waals surface area contributed by atoms with Crippen LogP contribution in [0.4, 0.5) is 24.8 Å². The minimum atomic E-state index is -1.39. The number of rotatable bonds is 7. The highest BCUT2D eigenvalue weighted by molar-refractivity contribution is 5.54. The Kier molecular flexibility index (Phi) is 6.53. The van der Waals surface area contributed by atoms with Crippen molar-refractivity contribution >= 4 is 11.6 Å². The Bertz CT molecular complexity index is 1560. The van der Waals surface area contributed by atoms with Gasteiger partial charge < -0.3 is 15.0 Å². The summed E-state index contributed by atoms with van der Waals surface area (Å²) in [5.74, 6) is -3.51. The fraction of sp³-hybridized carbons (Fsp3) is 0.130. The SMILES string of the molecule is COc1ccc(Nc2nc(=O)n(Cc3ccc[nH]c3=O)c(=O)n2Cc2cc(F)c(F)cc2F)cc1. The summed E-state index contributed by atoms with van der Waals surface area (Å²) >= 11 is 0. The predicted molar refractivity (Wildman–Crippen MR) is 121 cm³/mol. The van der Waals surface area contributed by atoms with Crippen LogP contribution in [0.2, 0.25) is 0 Å². The molecule has 0 saturated heterocycles. The molecule has 0 atom stereocenters. The lowest BCUT2D eigenvalue weighted by atomic mass is 10.2.